The summed E-state index contributed by atoms with van der Waals surface area (Å²) in [5.74, 6) is 0. The highest BCUT2D eigenvalue weighted by Gasteiger charge is 2.36. The maximum absolute atomic E-state index is 3.98. The number of rotatable bonds is 2. The average molecular weight is 237 g/mol. The lowest BCUT2D eigenvalue weighted by Crippen LogP contribution is -2.48. The topological polar surface area (TPSA) is 27.3 Å². The van der Waals surface area contributed by atoms with E-state index in [2.05, 4.69) is 15.5 Å². The van der Waals surface area contributed by atoms with Crippen LogP contribution < -0.4 is 10.6 Å². The zero-order valence-corrected chi connectivity index (χ0v) is 11.0. The molecule has 17 heavy (non-hydrogen) atoms. The van der Waals surface area contributed by atoms with Crippen LogP contribution >= 0.6 is 0 Å². The number of nitrogens with one attached hydrogen (secondary N) is 2. The number of hydrogen-bond donors (Lipinski definition) is 2. The normalized spacial score (nSPS) is 39.9. The summed E-state index contributed by atoms with van der Waals surface area (Å²) in [4.78, 5) is 2.73. The fourth-order valence-electron chi connectivity index (χ4n) is 3.93. The van der Waals surface area contributed by atoms with Crippen molar-refractivity contribution in [2.45, 2.75) is 63.1 Å². The third kappa shape index (κ3) is 2.83. The lowest BCUT2D eigenvalue weighted by atomic mass is 9.97. The number of hydrogen-bond acceptors (Lipinski definition) is 3. The van der Waals surface area contributed by atoms with Gasteiger partial charge in [-0.15, -0.1) is 0 Å². The van der Waals surface area contributed by atoms with Crippen molar-refractivity contribution in [3.63, 3.8) is 0 Å². The van der Waals surface area contributed by atoms with Gasteiger partial charge in [0.25, 0.3) is 0 Å². The fourth-order valence-corrected chi connectivity index (χ4v) is 3.93. The molecule has 0 aromatic carbocycles. The van der Waals surface area contributed by atoms with E-state index in [0.29, 0.717) is 0 Å². The quantitative estimate of drug-likeness (QED) is 0.759. The van der Waals surface area contributed by atoms with Crippen LogP contribution in [0.2, 0.25) is 0 Å². The highest BCUT2D eigenvalue weighted by atomic mass is 15.2. The summed E-state index contributed by atoms with van der Waals surface area (Å²) in [5, 5.41) is 7.48. The fraction of sp³-hybridized carbons (Fsp3) is 1.00. The van der Waals surface area contributed by atoms with Crippen molar-refractivity contribution in [3.05, 3.63) is 0 Å². The van der Waals surface area contributed by atoms with Crippen molar-refractivity contribution in [3.8, 4) is 0 Å². The predicted molar refractivity (Wildman–Crippen MR) is 71.3 cm³/mol. The molecule has 0 aromatic rings. The first-order valence-electron chi connectivity index (χ1n) is 7.64. The molecule has 0 amide bonds. The van der Waals surface area contributed by atoms with Crippen LogP contribution in [0.1, 0.15) is 44.9 Å². The first kappa shape index (κ1) is 11.9. The summed E-state index contributed by atoms with van der Waals surface area (Å²) in [6, 6.07) is 2.43. The van der Waals surface area contributed by atoms with E-state index in [4.69, 9.17) is 0 Å². The Kier molecular flexibility index (Phi) is 3.99. The Morgan fingerprint density at radius 3 is 2.88 bits per heavy atom. The number of piperidine rings is 1. The minimum Gasteiger partial charge on any atom is -0.317 e. The van der Waals surface area contributed by atoms with Gasteiger partial charge in [-0.3, -0.25) is 4.90 Å². The molecule has 3 saturated heterocycles. The number of nitrogens with zero attached hydrogens (tertiary/aromatic N) is 1. The lowest BCUT2D eigenvalue weighted by molar-refractivity contribution is 0.175. The van der Waals surface area contributed by atoms with Crippen LogP contribution in [-0.2, 0) is 0 Å². The zero-order chi connectivity index (χ0) is 11.5. The Morgan fingerprint density at radius 2 is 1.88 bits per heavy atom. The highest BCUT2D eigenvalue weighted by Crippen LogP contribution is 2.27. The van der Waals surface area contributed by atoms with Gasteiger partial charge < -0.3 is 10.6 Å². The molecule has 0 saturated carbocycles. The summed E-state index contributed by atoms with van der Waals surface area (Å²) in [6.07, 6.45) is 9.73. The molecule has 3 atom stereocenters. The molecule has 3 aliphatic rings. The molecule has 2 N–H and O–H groups in total. The minimum atomic E-state index is 0.775. The maximum Gasteiger partial charge on any atom is 0.0249 e. The van der Waals surface area contributed by atoms with Gasteiger partial charge in [0.1, 0.15) is 0 Å². The van der Waals surface area contributed by atoms with Gasteiger partial charge in [0.2, 0.25) is 0 Å². The summed E-state index contributed by atoms with van der Waals surface area (Å²) in [5.41, 5.74) is 0. The van der Waals surface area contributed by atoms with E-state index in [1.54, 1.807) is 0 Å². The van der Waals surface area contributed by atoms with Crippen LogP contribution in [0, 0.1) is 0 Å². The molecule has 0 aromatic heterocycles. The van der Waals surface area contributed by atoms with E-state index in [0.717, 1.165) is 18.1 Å². The molecule has 0 aliphatic carbocycles. The van der Waals surface area contributed by atoms with Crippen molar-refractivity contribution in [1.29, 1.82) is 0 Å². The Morgan fingerprint density at radius 1 is 0.882 bits per heavy atom. The molecule has 3 heterocycles. The molecule has 3 nitrogen and oxygen atoms in total. The van der Waals surface area contributed by atoms with E-state index >= 15 is 0 Å². The van der Waals surface area contributed by atoms with Gasteiger partial charge in [-0.25, -0.2) is 0 Å². The monoisotopic (exact) mass is 237 g/mol. The second kappa shape index (κ2) is 5.68. The van der Waals surface area contributed by atoms with E-state index in [1.165, 1.54) is 71.1 Å². The molecule has 0 radical (unpaired) electrons. The van der Waals surface area contributed by atoms with E-state index in [1.807, 2.05) is 0 Å². The summed E-state index contributed by atoms with van der Waals surface area (Å²) in [7, 11) is 0. The standard InChI is InChI=1S/C14H27N3/c1-2-10-17-11-7-13(14(17)5-1)16-12-4-3-8-15-9-6-12/h12-16H,1-11H2. The van der Waals surface area contributed by atoms with Crippen molar-refractivity contribution in [2.75, 3.05) is 26.2 Å². The Labute approximate surface area is 105 Å². The predicted octanol–water partition coefficient (Wildman–Crippen LogP) is 1.34. The van der Waals surface area contributed by atoms with Crippen LogP contribution in [0.3, 0.4) is 0 Å². The molecule has 98 valence electrons. The molecule has 3 fully saturated rings. The average Bonchev–Trinajstić information content (AvgIpc) is 2.59. The van der Waals surface area contributed by atoms with Crippen LogP contribution in [0.25, 0.3) is 0 Å². The Bertz CT molecular complexity index is 236. The van der Waals surface area contributed by atoms with Crippen molar-refractivity contribution >= 4 is 0 Å². The minimum absolute atomic E-state index is 0.775. The summed E-state index contributed by atoms with van der Waals surface area (Å²) in [6.45, 7) is 5.12. The molecule has 3 heteroatoms. The smallest absolute Gasteiger partial charge is 0.0249 e. The van der Waals surface area contributed by atoms with Gasteiger partial charge >= 0.3 is 0 Å². The maximum atomic E-state index is 3.98. The second-order valence-electron chi connectivity index (χ2n) is 6.04. The van der Waals surface area contributed by atoms with E-state index < -0.39 is 0 Å². The zero-order valence-electron chi connectivity index (χ0n) is 11.0. The third-order valence-corrected chi connectivity index (χ3v) is 4.88. The Hall–Kier alpha value is -0.120. The first-order chi connectivity index (χ1) is 8.43. The molecular formula is C14H27N3. The number of fused-ring (bicyclic) bond motifs is 1. The first-order valence-corrected chi connectivity index (χ1v) is 7.64. The van der Waals surface area contributed by atoms with E-state index in [-0.39, 0.29) is 0 Å². The largest absolute Gasteiger partial charge is 0.317 e. The summed E-state index contributed by atoms with van der Waals surface area (Å²) >= 11 is 0. The van der Waals surface area contributed by atoms with Crippen LogP contribution in [-0.4, -0.2) is 49.2 Å². The van der Waals surface area contributed by atoms with Crippen LogP contribution in [0.4, 0.5) is 0 Å². The van der Waals surface area contributed by atoms with Crippen molar-refractivity contribution in [2.24, 2.45) is 0 Å². The Balaban J connectivity index is 1.53. The van der Waals surface area contributed by atoms with Crippen LogP contribution in [0.5, 0.6) is 0 Å². The van der Waals surface area contributed by atoms with Crippen molar-refractivity contribution in [1.82, 2.24) is 15.5 Å². The van der Waals surface area contributed by atoms with Gasteiger partial charge in [0.15, 0.2) is 0 Å². The molecule has 0 bridgehead atoms. The van der Waals surface area contributed by atoms with Gasteiger partial charge in [-0.1, -0.05) is 6.42 Å². The van der Waals surface area contributed by atoms with Crippen molar-refractivity contribution < 1.29 is 0 Å². The second-order valence-corrected chi connectivity index (χ2v) is 6.04. The van der Waals surface area contributed by atoms with Gasteiger partial charge in [-0.05, 0) is 58.2 Å². The van der Waals surface area contributed by atoms with Gasteiger partial charge in [0, 0.05) is 24.7 Å². The van der Waals surface area contributed by atoms with E-state index in [9.17, 15) is 0 Å². The van der Waals surface area contributed by atoms with Gasteiger partial charge in [-0.2, -0.15) is 0 Å². The highest BCUT2D eigenvalue weighted by molar-refractivity contribution is 4.95. The molecule has 3 rings (SSSR count). The SMILES string of the molecule is C1CNCCC(NC2CCN3CCCCC23)C1. The van der Waals surface area contributed by atoms with Crippen LogP contribution in [0.15, 0.2) is 0 Å². The molecule has 3 unspecified atom stereocenters. The lowest BCUT2D eigenvalue weighted by Gasteiger charge is -2.34. The van der Waals surface area contributed by atoms with Gasteiger partial charge in [0.05, 0.1) is 0 Å². The third-order valence-electron chi connectivity index (χ3n) is 4.88. The molecule has 3 aliphatic heterocycles. The molecule has 0 spiro atoms. The molecular weight excluding hydrogens is 210 g/mol. The summed E-state index contributed by atoms with van der Waals surface area (Å²) < 4.78 is 0.